The molecule has 1 unspecified atom stereocenters. The van der Waals surface area contributed by atoms with E-state index in [4.69, 9.17) is 4.74 Å². The quantitative estimate of drug-likeness (QED) is 0.603. The minimum atomic E-state index is -1.51. The van der Waals surface area contributed by atoms with Crippen LogP contribution >= 0.6 is 7.26 Å². The third kappa shape index (κ3) is 3.20. The molecule has 0 aliphatic rings. The van der Waals surface area contributed by atoms with E-state index in [1.807, 2.05) is 32.0 Å². The van der Waals surface area contributed by atoms with E-state index >= 15 is 0 Å². The van der Waals surface area contributed by atoms with Gasteiger partial charge in [-0.1, -0.05) is 24.8 Å². The van der Waals surface area contributed by atoms with Gasteiger partial charge in [0.15, 0.2) is 0 Å². The average molecular weight is 265 g/mol. The average Bonchev–Trinajstić information content (AvgIpc) is 2.38. The van der Waals surface area contributed by atoms with Crippen LogP contribution < -0.4 is 5.30 Å². The molecule has 3 heteroatoms. The Kier molecular flexibility index (Phi) is 5.10. The van der Waals surface area contributed by atoms with Crippen LogP contribution in [-0.4, -0.2) is 25.9 Å². The van der Waals surface area contributed by atoms with Crippen molar-refractivity contribution in [3.8, 4) is 0 Å². The summed E-state index contributed by atoms with van der Waals surface area (Å²) in [6.07, 6.45) is 0. The summed E-state index contributed by atoms with van der Waals surface area (Å²) in [6.45, 7) is 12.7. The normalized spacial score (nSPS) is 12.9. The fraction of sp³-hybridized carbons (Fsp3) is 0.400. The molecule has 1 aromatic carbocycles. The second kappa shape index (κ2) is 6.15. The first-order valence-corrected chi connectivity index (χ1v) is 8.85. The summed E-state index contributed by atoms with van der Waals surface area (Å²) in [4.78, 5) is 11.8. The summed E-state index contributed by atoms with van der Waals surface area (Å²) >= 11 is 0. The van der Waals surface area contributed by atoms with E-state index in [1.54, 1.807) is 0 Å². The molecule has 0 aromatic heterocycles. The zero-order valence-electron chi connectivity index (χ0n) is 11.6. The topological polar surface area (TPSA) is 26.3 Å². The van der Waals surface area contributed by atoms with E-state index in [0.29, 0.717) is 6.61 Å². The van der Waals surface area contributed by atoms with Crippen molar-refractivity contribution in [1.29, 1.82) is 0 Å². The molecular formula is C15H22O2P+. The van der Waals surface area contributed by atoms with Gasteiger partial charge in [-0.05, 0) is 26.0 Å². The summed E-state index contributed by atoms with van der Waals surface area (Å²) in [5.74, 6) is -0.417. The number of carbonyl (C=O) groups excluding carboxylic acids is 1. The monoisotopic (exact) mass is 265 g/mol. The third-order valence-corrected chi connectivity index (χ3v) is 6.67. The fourth-order valence-corrected chi connectivity index (χ4v) is 4.18. The number of rotatable bonds is 5. The van der Waals surface area contributed by atoms with Gasteiger partial charge in [0.25, 0.3) is 0 Å². The fourth-order valence-electron chi connectivity index (χ4n) is 1.85. The maximum Gasteiger partial charge on any atom is 0.316 e. The largest absolute Gasteiger partial charge is 0.465 e. The lowest BCUT2D eigenvalue weighted by Crippen LogP contribution is -2.21. The Labute approximate surface area is 110 Å². The number of benzene rings is 1. The molecule has 2 nitrogen and oxygen atoms in total. The number of ether oxygens (including phenoxy) is 1. The molecule has 0 amide bonds. The molecule has 0 radical (unpaired) electrons. The lowest BCUT2D eigenvalue weighted by Gasteiger charge is -2.23. The molecule has 98 valence electrons. The van der Waals surface area contributed by atoms with Crippen molar-refractivity contribution >= 4 is 18.5 Å². The maximum atomic E-state index is 11.8. The molecule has 1 aromatic rings. The van der Waals surface area contributed by atoms with Crippen LogP contribution in [0.25, 0.3) is 0 Å². The van der Waals surface area contributed by atoms with Crippen LogP contribution in [0.2, 0.25) is 0 Å². The standard InChI is InChI=1S/C15H22O2P/c1-6-17-15(16)12(2)13(3)18(4,5)14-10-8-7-9-11-14/h7-12H,3,6H2,1-2,4-5H3/q+1. The molecule has 1 rings (SSSR count). The molecule has 0 bridgehead atoms. The highest BCUT2D eigenvalue weighted by atomic mass is 31.2. The predicted octanol–water partition coefficient (Wildman–Crippen LogP) is 3.30. The summed E-state index contributed by atoms with van der Waals surface area (Å²) in [7, 11) is -1.51. The first-order chi connectivity index (χ1) is 8.41. The van der Waals surface area contributed by atoms with Crippen LogP contribution in [0.3, 0.4) is 0 Å². The van der Waals surface area contributed by atoms with Crippen LogP contribution in [0.1, 0.15) is 13.8 Å². The molecule has 0 heterocycles. The lowest BCUT2D eigenvalue weighted by molar-refractivity contribution is -0.145. The van der Waals surface area contributed by atoms with E-state index in [1.165, 1.54) is 5.30 Å². The molecule has 0 fully saturated rings. The first-order valence-electron chi connectivity index (χ1n) is 6.16. The summed E-state index contributed by atoms with van der Waals surface area (Å²) in [5.41, 5.74) is 0. The van der Waals surface area contributed by atoms with Gasteiger partial charge in [0, 0.05) is 0 Å². The summed E-state index contributed by atoms with van der Waals surface area (Å²) in [5, 5.41) is 2.26. The van der Waals surface area contributed by atoms with Crippen molar-refractivity contribution in [2.24, 2.45) is 5.92 Å². The molecule has 1 atom stereocenters. The van der Waals surface area contributed by atoms with Crippen LogP contribution in [0.4, 0.5) is 0 Å². The number of esters is 1. The highest BCUT2D eigenvalue weighted by Crippen LogP contribution is 2.59. The molecule has 0 saturated heterocycles. The van der Waals surface area contributed by atoms with Gasteiger partial charge in [0.2, 0.25) is 0 Å². The van der Waals surface area contributed by atoms with Crippen molar-refractivity contribution < 1.29 is 9.53 Å². The van der Waals surface area contributed by atoms with Gasteiger partial charge in [-0.25, -0.2) is 0 Å². The Bertz CT molecular complexity index is 423. The Hall–Kier alpha value is -1.14. The minimum absolute atomic E-state index is 0.175. The second-order valence-electron chi connectivity index (χ2n) is 4.75. The third-order valence-electron chi connectivity index (χ3n) is 3.26. The number of carbonyl (C=O) groups is 1. The molecule has 0 spiro atoms. The first kappa shape index (κ1) is 14.9. The van der Waals surface area contributed by atoms with E-state index < -0.39 is 7.26 Å². The maximum absolute atomic E-state index is 11.8. The molecule has 0 aliphatic carbocycles. The Morgan fingerprint density at radius 3 is 2.39 bits per heavy atom. The molecule has 0 aliphatic heterocycles. The van der Waals surface area contributed by atoms with E-state index in [0.717, 1.165) is 5.31 Å². The van der Waals surface area contributed by atoms with Crippen molar-refractivity contribution in [1.82, 2.24) is 0 Å². The van der Waals surface area contributed by atoms with Crippen LogP contribution in [0.5, 0.6) is 0 Å². The van der Waals surface area contributed by atoms with Crippen LogP contribution in [0, 0.1) is 5.92 Å². The smallest absolute Gasteiger partial charge is 0.316 e. The molecule has 0 saturated carbocycles. The zero-order chi connectivity index (χ0) is 13.8. The van der Waals surface area contributed by atoms with Crippen LogP contribution in [-0.2, 0) is 9.53 Å². The molecule has 18 heavy (non-hydrogen) atoms. The summed E-state index contributed by atoms with van der Waals surface area (Å²) < 4.78 is 5.07. The van der Waals surface area contributed by atoms with Gasteiger partial charge in [0.05, 0.1) is 37.8 Å². The van der Waals surface area contributed by atoms with Gasteiger partial charge in [-0.2, -0.15) is 0 Å². The van der Waals surface area contributed by atoms with E-state index in [9.17, 15) is 4.79 Å². The minimum Gasteiger partial charge on any atom is -0.465 e. The lowest BCUT2D eigenvalue weighted by atomic mass is 10.2. The van der Waals surface area contributed by atoms with Crippen LogP contribution in [0.15, 0.2) is 42.2 Å². The number of hydrogen-bond donors (Lipinski definition) is 0. The second-order valence-corrected chi connectivity index (χ2v) is 8.75. The zero-order valence-corrected chi connectivity index (χ0v) is 12.5. The van der Waals surface area contributed by atoms with Crippen molar-refractivity contribution in [2.75, 3.05) is 19.9 Å². The Balaban J connectivity index is 2.92. The van der Waals surface area contributed by atoms with Crippen molar-refractivity contribution in [2.45, 2.75) is 13.8 Å². The SMILES string of the molecule is C=C(C(C)C(=O)OCC)[P+](C)(C)c1ccccc1. The predicted molar refractivity (Wildman–Crippen MR) is 79.8 cm³/mol. The highest BCUT2D eigenvalue weighted by Gasteiger charge is 2.38. The Morgan fingerprint density at radius 1 is 1.33 bits per heavy atom. The van der Waals surface area contributed by atoms with Gasteiger partial charge < -0.3 is 4.74 Å². The van der Waals surface area contributed by atoms with E-state index in [2.05, 4.69) is 32.0 Å². The number of hydrogen-bond acceptors (Lipinski definition) is 2. The van der Waals surface area contributed by atoms with Crippen molar-refractivity contribution in [3.05, 3.63) is 42.2 Å². The van der Waals surface area contributed by atoms with E-state index in [-0.39, 0.29) is 11.9 Å². The highest BCUT2D eigenvalue weighted by molar-refractivity contribution is 7.85. The molecule has 0 N–H and O–H groups in total. The summed E-state index contributed by atoms with van der Waals surface area (Å²) in [6, 6.07) is 10.3. The van der Waals surface area contributed by atoms with Gasteiger partial charge in [-0.3, -0.25) is 4.79 Å². The van der Waals surface area contributed by atoms with Gasteiger partial charge >= 0.3 is 5.97 Å². The Morgan fingerprint density at radius 2 is 1.89 bits per heavy atom. The van der Waals surface area contributed by atoms with Gasteiger partial charge in [0.1, 0.15) is 5.92 Å². The van der Waals surface area contributed by atoms with Gasteiger partial charge in [-0.15, -0.1) is 0 Å². The van der Waals surface area contributed by atoms with Crippen molar-refractivity contribution in [3.63, 3.8) is 0 Å². The molecular weight excluding hydrogens is 243 g/mol.